The van der Waals surface area contributed by atoms with Gasteiger partial charge in [-0.05, 0) is 47.8 Å². The second kappa shape index (κ2) is 8.33. The summed E-state index contributed by atoms with van der Waals surface area (Å²) in [6.45, 7) is 4.99. The molecule has 3 aromatic rings. The van der Waals surface area contributed by atoms with Crippen LogP contribution in [0.2, 0.25) is 5.28 Å². The minimum atomic E-state index is 0.151. The maximum Gasteiger partial charge on any atom is 0.243 e. The van der Waals surface area contributed by atoms with Gasteiger partial charge in [-0.1, -0.05) is 6.07 Å². The van der Waals surface area contributed by atoms with Crippen molar-refractivity contribution in [2.75, 3.05) is 47.8 Å². The zero-order valence-electron chi connectivity index (χ0n) is 16.3. The minimum absolute atomic E-state index is 0.151. The third-order valence-corrected chi connectivity index (χ3v) is 5.49. The molecule has 10 nitrogen and oxygen atoms in total. The standard InChI is InChI=1S/C19H21ClN10/c20-17-22-11-16(27-28-17)29-5-7-30(8-6-29)19-24-12-23-18(26-19)25-15-2-1-13-3-4-21-10-14(13)9-15/h1-2,9,11-12,21H,3-8,10H2,(H,23,24,25,26). The first-order chi connectivity index (χ1) is 14.7. The number of piperazine rings is 1. The van der Waals surface area contributed by atoms with E-state index in [2.05, 4.69) is 68.8 Å². The van der Waals surface area contributed by atoms with Gasteiger partial charge in [0.25, 0.3) is 0 Å². The summed E-state index contributed by atoms with van der Waals surface area (Å²) in [7, 11) is 0. The SMILES string of the molecule is Clc1ncc(N2CCN(c3ncnc(Nc4ccc5c(c4)CNCC5)n3)CC2)nn1. The number of nitrogens with zero attached hydrogens (tertiary/aromatic N) is 8. The van der Waals surface area contributed by atoms with Crippen molar-refractivity contribution in [2.24, 2.45) is 0 Å². The van der Waals surface area contributed by atoms with Crippen LogP contribution in [0.15, 0.2) is 30.7 Å². The van der Waals surface area contributed by atoms with Crippen LogP contribution in [0.1, 0.15) is 11.1 Å². The minimum Gasteiger partial charge on any atom is -0.350 e. The number of aromatic nitrogens is 6. The number of hydrogen-bond donors (Lipinski definition) is 2. The van der Waals surface area contributed by atoms with Gasteiger partial charge in [0.2, 0.25) is 17.2 Å². The summed E-state index contributed by atoms with van der Waals surface area (Å²) in [5.41, 5.74) is 3.69. The summed E-state index contributed by atoms with van der Waals surface area (Å²) in [6.07, 6.45) is 4.25. The fourth-order valence-electron chi connectivity index (χ4n) is 3.72. The Kier molecular flexibility index (Phi) is 5.24. The lowest BCUT2D eigenvalue weighted by molar-refractivity contribution is 0.628. The van der Waals surface area contributed by atoms with Gasteiger partial charge in [-0.25, -0.2) is 15.0 Å². The molecule has 0 bridgehead atoms. The van der Waals surface area contributed by atoms with Crippen LogP contribution in [0.3, 0.4) is 0 Å². The lowest BCUT2D eigenvalue weighted by atomic mass is 10.0. The predicted molar refractivity (Wildman–Crippen MR) is 114 cm³/mol. The number of fused-ring (bicyclic) bond motifs is 1. The van der Waals surface area contributed by atoms with E-state index in [0.29, 0.717) is 11.9 Å². The molecular formula is C19H21ClN10. The zero-order valence-corrected chi connectivity index (χ0v) is 17.0. The lowest BCUT2D eigenvalue weighted by Gasteiger charge is -2.34. The first-order valence-electron chi connectivity index (χ1n) is 9.88. The van der Waals surface area contributed by atoms with Crippen LogP contribution in [-0.2, 0) is 13.0 Å². The summed E-state index contributed by atoms with van der Waals surface area (Å²) >= 11 is 5.72. The number of hydrogen-bond acceptors (Lipinski definition) is 10. The van der Waals surface area contributed by atoms with Gasteiger partial charge >= 0.3 is 0 Å². The Balaban J connectivity index is 1.25. The topological polar surface area (TPSA) is 108 Å². The molecule has 2 aliphatic rings. The van der Waals surface area contributed by atoms with Crippen molar-refractivity contribution in [1.29, 1.82) is 0 Å². The van der Waals surface area contributed by atoms with E-state index < -0.39 is 0 Å². The molecule has 2 N–H and O–H groups in total. The van der Waals surface area contributed by atoms with Crippen molar-refractivity contribution in [3.05, 3.63) is 47.1 Å². The van der Waals surface area contributed by atoms with Crippen molar-refractivity contribution in [1.82, 2.24) is 35.5 Å². The van der Waals surface area contributed by atoms with Crippen LogP contribution in [-0.4, -0.2) is 62.9 Å². The fraction of sp³-hybridized carbons (Fsp3) is 0.368. The molecule has 0 saturated carbocycles. The highest BCUT2D eigenvalue weighted by Gasteiger charge is 2.21. The van der Waals surface area contributed by atoms with Gasteiger partial charge < -0.3 is 20.4 Å². The molecule has 1 saturated heterocycles. The second-order valence-electron chi connectivity index (χ2n) is 7.20. The molecule has 0 radical (unpaired) electrons. The molecule has 2 aromatic heterocycles. The summed E-state index contributed by atoms with van der Waals surface area (Å²) in [5, 5.41) is 14.8. The van der Waals surface area contributed by atoms with E-state index in [9.17, 15) is 0 Å². The van der Waals surface area contributed by atoms with Crippen LogP contribution in [0.5, 0.6) is 0 Å². The van der Waals surface area contributed by atoms with Crippen molar-refractivity contribution in [3.63, 3.8) is 0 Å². The fourth-order valence-corrected chi connectivity index (χ4v) is 3.81. The molecule has 1 aromatic carbocycles. The van der Waals surface area contributed by atoms with Crippen LogP contribution < -0.4 is 20.4 Å². The maximum atomic E-state index is 5.72. The summed E-state index contributed by atoms with van der Waals surface area (Å²) in [4.78, 5) is 21.5. The summed E-state index contributed by atoms with van der Waals surface area (Å²) in [6, 6.07) is 6.41. The number of benzene rings is 1. The van der Waals surface area contributed by atoms with Gasteiger partial charge in [0.05, 0.1) is 6.20 Å². The molecule has 0 spiro atoms. The molecule has 30 heavy (non-hydrogen) atoms. The molecule has 1 fully saturated rings. The molecule has 4 heterocycles. The Hall–Kier alpha value is -3.11. The Labute approximate surface area is 178 Å². The van der Waals surface area contributed by atoms with E-state index in [-0.39, 0.29) is 5.28 Å². The number of nitrogens with one attached hydrogen (secondary N) is 2. The van der Waals surface area contributed by atoms with Gasteiger partial charge in [0.1, 0.15) is 6.33 Å². The molecule has 2 aliphatic heterocycles. The Morgan fingerprint density at radius 3 is 2.67 bits per heavy atom. The van der Waals surface area contributed by atoms with Crippen LogP contribution in [0.4, 0.5) is 23.4 Å². The van der Waals surface area contributed by atoms with E-state index in [1.165, 1.54) is 11.1 Å². The van der Waals surface area contributed by atoms with Crippen molar-refractivity contribution >= 4 is 35.0 Å². The highest BCUT2D eigenvalue weighted by atomic mass is 35.5. The van der Waals surface area contributed by atoms with Gasteiger partial charge in [0, 0.05) is 38.4 Å². The first kappa shape index (κ1) is 18.9. The first-order valence-corrected chi connectivity index (χ1v) is 10.3. The summed E-state index contributed by atoms with van der Waals surface area (Å²) < 4.78 is 0. The Morgan fingerprint density at radius 1 is 0.967 bits per heavy atom. The molecule has 5 rings (SSSR count). The van der Waals surface area contributed by atoms with E-state index in [1.807, 2.05) is 0 Å². The molecule has 154 valence electrons. The van der Waals surface area contributed by atoms with Gasteiger partial charge in [0.15, 0.2) is 5.82 Å². The largest absolute Gasteiger partial charge is 0.350 e. The highest BCUT2D eigenvalue weighted by molar-refractivity contribution is 6.28. The average Bonchev–Trinajstić information content (AvgIpc) is 2.80. The molecule has 0 amide bonds. The maximum absolute atomic E-state index is 5.72. The van der Waals surface area contributed by atoms with Gasteiger partial charge in [-0.15, -0.1) is 10.2 Å². The van der Waals surface area contributed by atoms with Crippen molar-refractivity contribution < 1.29 is 0 Å². The van der Waals surface area contributed by atoms with Gasteiger partial charge in [-0.2, -0.15) is 4.98 Å². The van der Waals surface area contributed by atoms with Crippen molar-refractivity contribution in [3.8, 4) is 0 Å². The molecule has 0 aliphatic carbocycles. The van der Waals surface area contributed by atoms with E-state index in [4.69, 9.17) is 11.6 Å². The predicted octanol–water partition coefficient (Wildman–Crippen LogP) is 1.43. The molecule has 11 heteroatoms. The van der Waals surface area contributed by atoms with Crippen LogP contribution in [0.25, 0.3) is 0 Å². The number of halogens is 1. The smallest absolute Gasteiger partial charge is 0.243 e. The summed E-state index contributed by atoms with van der Waals surface area (Å²) in [5.74, 6) is 1.92. The molecule has 0 atom stereocenters. The average molecular weight is 425 g/mol. The quantitative estimate of drug-likeness (QED) is 0.638. The van der Waals surface area contributed by atoms with Crippen LogP contribution >= 0.6 is 11.6 Å². The van der Waals surface area contributed by atoms with E-state index >= 15 is 0 Å². The normalized spacial score (nSPS) is 16.3. The number of rotatable bonds is 4. The Bertz CT molecular complexity index is 1020. The zero-order chi connectivity index (χ0) is 20.3. The highest BCUT2D eigenvalue weighted by Crippen LogP contribution is 2.22. The molecular weight excluding hydrogens is 404 g/mol. The second-order valence-corrected chi connectivity index (χ2v) is 7.54. The van der Waals surface area contributed by atoms with Crippen LogP contribution in [0, 0.1) is 0 Å². The Morgan fingerprint density at radius 2 is 1.83 bits per heavy atom. The third-order valence-electron chi connectivity index (χ3n) is 5.32. The third kappa shape index (κ3) is 4.10. The van der Waals surface area contributed by atoms with E-state index in [0.717, 1.165) is 57.2 Å². The number of anilines is 4. The molecule has 0 unspecified atom stereocenters. The van der Waals surface area contributed by atoms with Crippen molar-refractivity contribution in [2.45, 2.75) is 13.0 Å². The van der Waals surface area contributed by atoms with E-state index in [1.54, 1.807) is 12.5 Å². The van der Waals surface area contributed by atoms with Gasteiger partial charge in [-0.3, -0.25) is 0 Å². The lowest BCUT2D eigenvalue weighted by Crippen LogP contribution is -2.47. The monoisotopic (exact) mass is 424 g/mol.